The predicted octanol–water partition coefficient (Wildman–Crippen LogP) is 4.43. The molecule has 0 spiro atoms. The van der Waals surface area contributed by atoms with Crippen molar-refractivity contribution in [1.29, 1.82) is 0 Å². The van der Waals surface area contributed by atoms with E-state index in [-0.39, 0.29) is 6.10 Å². The molecule has 2 aliphatic carbocycles. The second-order valence-corrected chi connectivity index (χ2v) is 7.66. The fraction of sp³-hybridized carbons (Fsp3) is 0.684. The molecule has 2 heteroatoms. The van der Waals surface area contributed by atoms with E-state index >= 15 is 0 Å². The number of aryl methyl sites for hydroxylation is 2. The summed E-state index contributed by atoms with van der Waals surface area (Å²) >= 11 is 0. The van der Waals surface area contributed by atoms with Crippen LogP contribution in [0.15, 0.2) is 12.1 Å². The molecule has 0 heterocycles. The summed E-state index contributed by atoms with van der Waals surface area (Å²) in [5.74, 6) is 1.93. The minimum Gasteiger partial charge on any atom is -0.496 e. The minimum absolute atomic E-state index is 0.332. The Bertz CT molecular complexity index is 533. The van der Waals surface area contributed by atoms with Crippen LogP contribution < -0.4 is 4.74 Å². The molecule has 1 fully saturated rings. The average molecular weight is 288 g/mol. The van der Waals surface area contributed by atoms with Crippen LogP contribution in [0.5, 0.6) is 5.75 Å². The summed E-state index contributed by atoms with van der Waals surface area (Å²) < 4.78 is 5.47. The number of hydrogen-bond donors (Lipinski definition) is 1. The highest BCUT2D eigenvalue weighted by Gasteiger charge is 2.43. The van der Waals surface area contributed by atoms with Crippen molar-refractivity contribution >= 4 is 0 Å². The van der Waals surface area contributed by atoms with E-state index in [1.54, 1.807) is 7.11 Å². The molecule has 0 amide bonds. The summed E-state index contributed by atoms with van der Waals surface area (Å²) in [6.45, 7) is 6.87. The number of ether oxygens (including phenoxy) is 1. The van der Waals surface area contributed by atoms with Crippen LogP contribution in [-0.4, -0.2) is 12.2 Å². The van der Waals surface area contributed by atoms with Crippen molar-refractivity contribution < 1.29 is 9.84 Å². The Morgan fingerprint density at radius 2 is 2.00 bits per heavy atom. The van der Waals surface area contributed by atoms with Gasteiger partial charge >= 0.3 is 0 Å². The topological polar surface area (TPSA) is 29.5 Å². The molecule has 116 valence electrons. The number of aliphatic hydroxyl groups excluding tert-OH is 1. The molecule has 1 aromatic rings. The molecule has 1 N–H and O–H groups in total. The third-order valence-electron chi connectivity index (χ3n) is 5.98. The molecule has 3 rings (SSSR count). The molecular formula is C19H28O2. The van der Waals surface area contributed by atoms with Gasteiger partial charge in [0.1, 0.15) is 5.75 Å². The van der Waals surface area contributed by atoms with E-state index in [0.717, 1.165) is 24.2 Å². The van der Waals surface area contributed by atoms with Crippen LogP contribution in [-0.2, 0) is 6.42 Å². The lowest BCUT2D eigenvalue weighted by atomic mass is 9.61. The molecule has 0 aliphatic heterocycles. The van der Waals surface area contributed by atoms with Gasteiger partial charge in [-0.1, -0.05) is 26.3 Å². The lowest BCUT2D eigenvalue weighted by Gasteiger charge is -2.45. The van der Waals surface area contributed by atoms with Gasteiger partial charge in [0, 0.05) is 0 Å². The second kappa shape index (κ2) is 5.31. The first-order chi connectivity index (χ1) is 9.94. The van der Waals surface area contributed by atoms with Crippen molar-refractivity contribution in [3.05, 3.63) is 28.8 Å². The predicted molar refractivity (Wildman–Crippen MR) is 85.6 cm³/mol. The van der Waals surface area contributed by atoms with Crippen molar-refractivity contribution in [2.75, 3.05) is 7.11 Å². The molecule has 2 nitrogen and oxygen atoms in total. The first-order valence-corrected chi connectivity index (χ1v) is 8.29. The number of methoxy groups -OCH3 is 1. The van der Waals surface area contributed by atoms with Crippen molar-refractivity contribution in [2.45, 2.75) is 59.0 Å². The summed E-state index contributed by atoms with van der Waals surface area (Å²) in [5.41, 5.74) is 3.96. The fourth-order valence-corrected chi connectivity index (χ4v) is 4.76. The number of aliphatic hydroxyl groups is 1. The molecule has 0 aromatic heterocycles. The van der Waals surface area contributed by atoms with Gasteiger partial charge in [0.05, 0.1) is 13.2 Å². The Kier molecular flexibility index (Phi) is 3.77. The molecule has 3 atom stereocenters. The molecule has 0 saturated heterocycles. The largest absolute Gasteiger partial charge is 0.496 e. The van der Waals surface area contributed by atoms with Gasteiger partial charge in [-0.2, -0.15) is 0 Å². The summed E-state index contributed by atoms with van der Waals surface area (Å²) in [7, 11) is 1.71. The van der Waals surface area contributed by atoms with Gasteiger partial charge in [-0.25, -0.2) is 0 Å². The molecule has 1 aromatic carbocycles. The molecule has 21 heavy (non-hydrogen) atoms. The third-order valence-corrected chi connectivity index (χ3v) is 5.98. The normalized spacial score (nSPS) is 31.0. The van der Waals surface area contributed by atoms with Crippen LogP contribution in [0.4, 0.5) is 0 Å². The van der Waals surface area contributed by atoms with Crippen molar-refractivity contribution in [3.63, 3.8) is 0 Å². The maximum Gasteiger partial charge on any atom is 0.122 e. The molecule has 1 saturated carbocycles. The summed E-state index contributed by atoms with van der Waals surface area (Å²) in [6.07, 6.45) is 5.64. The standard InChI is InChI=1S/C19H28O2/c1-12-10-13-7-8-16-14(6-5-9-19(16,2)3)18(20)15(13)11-17(12)21-4/h10-11,14,16,18,20H,5-9H2,1-4H3/t14-,16-,18+/m1/s1. The van der Waals surface area contributed by atoms with Gasteiger partial charge in [0.15, 0.2) is 0 Å². The van der Waals surface area contributed by atoms with Crippen LogP contribution in [0, 0.1) is 24.2 Å². The molecule has 0 radical (unpaired) electrons. The highest BCUT2D eigenvalue weighted by atomic mass is 16.5. The highest BCUT2D eigenvalue weighted by molar-refractivity contribution is 5.44. The number of benzene rings is 1. The minimum atomic E-state index is -0.332. The fourth-order valence-electron chi connectivity index (χ4n) is 4.76. The third kappa shape index (κ3) is 2.48. The number of rotatable bonds is 1. The molecule has 0 unspecified atom stereocenters. The zero-order valence-corrected chi connectivity index (χ0v) is 13.8. The highest BCUT2D eigenvalue weighted by Crippen LogP contribution is 2.52. The van der Waals surface area contributed by atoms with E-state index in [0.29, 0.717) is 17.3 Å². The molecule has 2 aliphatic rings. The maximum absolute atomic E-state index is 11.0. The Morgan fingerprint density at radius 3 is 2.71 bits per heavy atom. The van der Waals surface area contributed by atoms with Crippen molar-refractivity contribution in [2.24, 2.45) is 17.3 Å². The van der Waals surface area contributed by atoms with E-state index in [1.165, 1.54) is 30.4 Å². The average Bonchev–Trinajstić information content (AvgIpc) is 2.57. The molecule has 0 bridgehead atoms. The maximum atomic E-state index is 11.0. The SMILES string of the molecule is COc1cc2c(cc1C)CC[C@@H]1[C@@H](CCCC1(C)C)[C@@H]2O. The van der Waals surface area contributed by atoms with Gasteiger partial charge in [0.2, 0.25) is 0 Å². The van der Waals surface area contributed by atoms with Crippen LogP contribution in [0.2, 0.25) is 0 Å². The molecular weight excluding hydrogens is 260 g/mol. The van der Waals surface area contributed by atoms with Crippen LogP contribution in [0.1, 0.15) is 62.3 Å². The van der Waals surface area contributed by atoms with E-state index in [9.17, 15) is 5.11 Å². The van der Waals surface area contributed by atoms with Crippen LogP contribution in [0.25, 0.3) is 0 Å². The second-order valence-electron chi connectivity index (χ2n) is 7.66. The number of hydrogen-bond acceptors (Lipinski definition) is 2. The zero-order chi connectivity index (χ0) is 15.2. The smallest absolute Gasteiger partial charge is 0.122 e. The first-order valence-electron chi connectivity index (χ1n) is 8.29. The Hall–Kier alpha value is -1.02. The van der Waals surface area contributed by atoms with Gasteiger partial charge < -0.3 is 9.84 Å². The lowest BCUT2D eigenvalue weighted by Crippen LogP contribution is -2.37. The Balaban J connectivity index is 2.03. The van der Waals surface area contributed by atoms with Crippen LogP contribution >= 0.6 is 0 Å². The van der Waals surface area contributed by atoms with Gasteiger partial charge in [-0.3, -0.25) is 0 Å². The van der Waals surface area contributed by atoms with E-state index in [4.69, 9.17) is 4.74 Å². The van der Waals surface area contributed by atoms with E-state index in [2.05, 4.69) is 32.9 Å². The quantitative estimate of drug-likeness (QED) is 0.828. The Labute approximate surface area is 128 Å². The van der Waals surface area contributed by atoms with Crippen molar-refractivity contribution in [1.82, 2.24) is 0 Å². The zero-order valence-electron chi connectivity index (χ0n) is 13.8. The van der Waals surface area contributed by atoms with Crippen molar-refractivity contribution in [3.8, 4) is 5.75 Å². The lowest BCUT2D eigenvalue weighted by molar-refractivity contribution is -0.0132. The van der Waals surface area contributed by atoms with Gasteiger partial charge in [-0.15, -0.1) is 0 Å². The van der Waals surface area contributed by atoms with E-state index < -0.39 is 0 Å². The summed E-state index contributed by atoms with van der Waals surface area (Å²) in [6, 6.07) is 4.31. The number of fused-ring (bicyclic) bond motifs is 2. The summed E-state index contributed by atoms with van der Waals surface area (Å²) in [4.78, 5) is 0. The van der Waals surface area contributed by atoms with E-state index in [1.807, 2.05) is 0 Å². The van der Waals surface area contributed by atoms with Crippen LogP contribution in [0.3, 0.4) is 0 Å². The van der Waals surface area contributed by atoms with Gasteiger partial charge in [0.25, 0.3) is 0 Å². The van der Waals surface area contributed by atoms with Gasteiger partial charge in [-0.05, 0) is 72.6 Å². The first kappa shape index (κ1) is 14.9. The monoisotopic (exact) mass is 288 g/mol. The Morgan fingerprint density at radius 1 is 1.24 bits per heavy atom. The summed E-state index contributed by atoms with van der Waals surface area (Å²) in [5, 5.41) is 11.0.